The van der Waals surface area contributed by atoms with Crippen molar-refractivity contribution < 1.29 is 18.4 Å². The second-order valence-corrected chi connectivity index (χ2v) is 8.31. The number of ketones is 1. The molecular formula is C27H23F2N5O3. The molecule has 0 radical (unpaired) electrons. The summed E-state index contributed by atoms with van der Waals surface area (Å²) in [6, 6.07) is 11.6. The Morgan fingerprint density at radius 3 is 2.24 bits per heavy atom. The Hall–Kier alpha value is -4.57. The highest BCUT2D eigenvalue weighted by atomic mass is 19.1. The average Bonchev–Trinajstić information content (AvgIpc) is 2.91. The van der Waals surface area contributed by atoms with Crippen molar-refractivity contribution in [3.05, 3.63) is 112 Å². The molecule has 0 aliphatic rings. The first-order valence-corrected chi connectivity index (χ1v) is 11.3. The zero-order chi connectivity index (χ0) is 26.5. The van der Waals surface area contributed by atoms with Crippen LogP contribution in [0.2, 0.25) is 0 Å². The second kappa shape index (κ2) is 11.0. The smallest absolute Gasteiger partial charge is 0.277 e. The lowest BCUT2D eigenvalue weighted by Gasteiger charge is -2.16. The SMILES string of the molecule is CNC(C)C(=O)Nc1cnc(-c2ccc(F)cc2)n(Cc2cncc(C(=O)c3ccc(F)cc3)c2)c1=O. The third kappa shape index (κ3) is 5.81. The van der Waals surface area contributed by atoms with Crippen LogP contribution < -0.4 is 16.2 Å². The van der Waals surface area contributed by atoms with Crippen LogP contribution in [0.1, 0.15) is 28.4 Å². The second-order valence-electron chi connectivity index (χ2n) is 8.31. The van der Waals surface area contributed by atoms with E-state index in [2.05, 4.69) is 20.6 Å². The molecule has 2 aromatic carbocycles. The summed E-state index contributed by atoms with van der Waals surface area (Å²) in [6.45, 7) is 1.60. The quantitative estimate of drug-likeness (QED) is 0.357. The number of carbonyl (C=O) groups excluding carboxylic acids is 2. The number of pyridine rings is 1. The molecule has 0 spiro atoms. The molecule has 0 fully saturated rings. The van der Waals surface area contributed by atoms with Crippen molar-refractivity contribution in [1.82, 2.24) is 19.9 Å². The predicted octanol–water partition coefficient (Wildman–Crippen LogP) is 3.41. The summed E-state index contributed by atoms with van der Waals surface area (Å²) in [6.07, 6.45) is 4.13. The summed E-state index contributed by atoms with van der Waals surface area (Å²) in [5.74, 6) is -1.45. The van der Waals surface area contributed by atoms with Gasteiger partial charge in [0.1, 0.15) is 23.1 Å². The molecule has 8 nitrogen and oxygen atoms in total. The van der Waals surface area contributed by atoms with Gasteiger partial charge >= 0.3 is 0 Å². The van der Waals surface area contributed by atoms with Crippen LogP contribution in [0.15, 0.2) is 78.0 Å². The Labute approximate surface area is 211 Å². The Morgan fingerprint density at radius 2 is 1.59 bits per heavy atom. The van der Waals surface area contributed by atoms with Crippen LogP contribution in [-0.4, -0.2) is 39.3 Å². The molecule has 0 bridgehead atoms. The van der Waals surface area contributed by atoms with Gasteiger partial charge in [0.15, 0.2) is 5.78 Å². The van der Waals surface area contributed by atoms with E-state index in [-0.39, 0.29) is 35.0 Å². The molecule has 1 unspecified atom stereocenters. The standard InChI is InChI=1S/C27H23F2N5O3/c1-16(30-2)26(36)33-23-14-32-25(19-5-9-22(29)10-6-19)34(27(23)37)15-17-11-20(13-31-12-17)24(35)18-3-7-21(28)8-4-18/h3-14,16,30H,15H2,1-2H3,(H,33,36). The molecule has 10 heteroatoms. The molecular weight excluding hydrogens is 480 g/mol. The number of carbonyl (C=O) groups is 2. The zero-order valence-electron chi connectivity index (χ0n) is 20.0. The first-order chi connectivity index (χ1) is 17.8. The number of rotatable bonds is 8. The number of likely N-dealkylation sites (N-methyl/N-ethyl adjacent to an activating group) is 1. The molecule has 2 heterocycles. The largest absolute Gasteiger partial charge is 0.319 e. The fourth-order valence-electron chi connectivity index (χ4n) is 3.57. The van der Waals surface area contributed by atoms with E-state index in [1.165, 1.54) is 71.7 Å². The maximum Gasteiger partial charge on any atom is 0.277 e. The van der Waals surface area contributed by atoms with E-state index >= 15 is 0 Å². The highest BCUT2D eigenvalue weighted by Gasteiger charge is 2.18. The molecule has 1 atom stereocenters. The normalized spacial score (nSPS) is 11.7. The van der Waals surface area contributed by atoms with Crippen molar-refractivity contribution in [3.8, 4) is 11.4 Å². The zero-order valence-corrected chi connectivity index (χ0v) is 20.0. The number of hydrogen-bond donors (Lipinski definition) is 2. The lowest BCUT2D eigenvalue weighted by Crippen LogP contribution is -2.38. The summed E-state index contributed by atoms with van der Waals surface area (Å²) < 4.78 is 28.1. The topological polar surface area (TPSA) is 106 Å². The fourth-order valence-corrected chi connectivity index (χ4v) is 3.57. The molecule has 0 aliphatic carbocycles. The third-order valence-corrected chi connectivity index (χ3v) is 5.74. The fraction of sp³-hybridized carbons (Fsp3) is 0.148. The molecule has 0 saturated heterocycles. The van der Waals surface area contributed by atoms with E-state index in [9.17, 15) is 23.2 Å². The highest BCUT2D eigenvalue weighted by Crippen LogP contribution is 2.19. The van der Waals surface area contributed by atoms with Crippen molar-refractivity contribution in [2.75, 3.05) is 12.4 Å². The summed E-state index contributed by atoms with van der Waals surface area (Å²) in [5.41, 5.74) is 0.944. The molecule has 4 aromatic rings. The monoisotopic (exact) mass is 503 g/mol. The molecule has 2 N–H and O–H groups in total. The summed E-state index contributed by atoms with van der Waals surface area (Å²) in [4.78, 5) is 47.2. The number of amides is 1. The van der Waals surface area contributed by atoms with Gasteiger partial charge in [-0.3, -0.25) is 23.9 Å². The number of anilines is 1. The number of hydrogen-bond acceptors (Lipinski definition) is 6. The van der Waals surface area contributed by atoms with Gasteiger partial charge in [0, 0.05) is 29.1 Å². The van der Waals surface area contributed by atoms with Gasteiger partial charge in [-0.05, 0) is 74.1 Å². The van der Waals surface area contributed by atoms with Crippen LogP contribution >= 0.6 is 0 Å². The van der Waals surface area contributed by atoms with Gasteiger partial charge in [-0.2, -0.15) is 0 Å². The van der Waals surface area contributed by atoms with Crippen LogP contribution in [0.4, 0.5) is 14.5 Å². The van der Waals surface area contributed by atoms with Gasteiger partial charge in [-0.1, -0.05) is 0 Å². The predicted molar refractivity (Wildman–Crippen MR) is 134 cm³/mol. The van der Waals surface area contributed by atoms with Crippen molar-refractivity contribution in [1.29, 1.82) is 0 Å². The van der Waals surface area contributed by atoms with E-state index in [1.807, 2.05) is 0 Å². The van der Waals surface area contributed by atoms with E-state index in [0.717, 1.165) is 0 Å². The van der Waals surface area contributed by atoms with Gasteiger partial charge in [0.2, 0.25) is 5.91 Å². The first-order valence-electron chi connectivity index (χ1n) is 11.3. The maximum absolute atomic E-state index is 13.5. The van der Waals surface area contributed by atoms with Crippen molar-refractivity contribution in [3.63, 3.8) is 0 Å². The van der Waals surface area contributed by atoms with Crippen LogP contribution in [0.25, 0.3) is 11.4 Å². The molecule has 4 rings (SSSR count). The Bertz CT molecular complexity index is 1500. The molecule has 0 saturated carbocycles. The van der Waals surface area contributed by atoms with Crippen LogP contribution in [0.5, 0.6) is 0 Å². The lowest BCUT2D eigenvalue weighted by atomic mass is 10.0. The number of benzene rings is 2. The van der Waals surface area contributed by atoms with Crippen molar-refractivity contribution in [2.24, 2.45) is 0 Å². The van der Waals surface area contributed by atoms with Gasteiger partial charge in [-0.15, -0.1) is 0 Å². The summed E-state index contributed by atoms with van der Waals surface area (Å²) >= 11 is 0. The van der Waals surface area contributed by atoms with Crippen LogP contribution in [0, 0.1) is 11.6 Å². The minimum Gasteiger partial charge on any atom is -0.319 e. The maximum atomic E-state index is 13.5. The van der Waals surface area contributed by atoms with Crippen LogP contribution in [0.3, 0.4) is 0 Å². The Balaban J connectivity index is 1.74. The molecule has 37 heavy (non-hydrogen) atoms. The van der Waals surface area contributed by atoms with Gasteiger partial charge < -0.3 is 10.6 Å². The minimum absolute atomic E-state index is 0.0375. The molecule has 0 aliphatic heterocycles. The van der Waals surface area contributed by atoms with Crippen molar-refractivity contribution in [2.45, 2.75) is 19.5 Å². The average molecular weight is 504 g/mol. The Morgan fingerprint density at radius 1 is 0.946 bits per heavy atom. The van der Waals surface area contributed by atoms with E-state index < -0.39 is 29.1 Å². The highest BCUT2D eigenvalue weighted by molar-refractivity contribution is 6.08. The Kier molecular flexibility index (Phi) is 7.59. The van der Waals surface area contributed by atoms with Crippen molar-refractivity contribution >= 4 is 17.4 Å². The summed E-state index contributed by atoms with van der Waals surface area (Å²) in [5, 5.41) is 5.37. The van der Waals surface area contributed by atoms with Crippen LogP contribution in [-0.2, 0) is 11.3 Å². The van der Waals surface area contributed by atoms with E-state index in [1.54, 1.807) is 20.0 Å². The molecule has 1 amide bonds. The minimum atomic E-state index is -0.553. The third-order valence-electron chi connectivity index (χ3n) is 5.74. The van der Waals surface area contributed by atoms with E-state index in [4.69, 9.17) is 0 Å². The van der Waals surface area contributed by atoms with Gasteiger partial charge in [-0.25, -0.2) is 13.8 Å². The number of halogens is 2. The van der Waals surface area contributed by atoms with Gasteiger partial charge in [0.05, 0.1) is 18.8 Å². The number of nitrogens with one attached hydrogen (secondary N) is 2. The first kappa shape index (κ1) is 25.5. The molecule has 188 valence electrons. The summed E-state index contributed by atoms with van der Waals surface area (Å²) in [7, 11) is 1.62. The van der Waals surface area contributed by atoms with E-state index in [0.29, 0.717) is 11.1 Å². The lowest BCUT2D eigenvalue weighted by molar-refractivity contribution is -0.117. The number of aromatic nitrogens is 3. The molecule has 2 aromatic heterocycles. The van der Waals surface area contributed by atoms with Gasteiger partial charge in [0.25, 0.3) is 5.56 Å². The number of nitrogens with zero attached hydrogens (tertiary/aromatic N) is 3.